The molecular formula is C20H29N5S. The fourth-order valence-corrected chi connectivity index (χ4v) is 4.38. The van der Waals surface area contributed by atoms with E-state index in [1.54, 1.807) is 0 Å². The van der Waals surface area contributed by atoms with Gasteiger partial charge >= 0.3 is 0 Å². The van der Waals surface area contributed by atoms with Gasteiger partial charge in [-0.25, -0.2) is 4.68 Å². The summed E-state index contributed by atoms with van der Waals surface area (Å²) >= 11 is 2.07. The lowest BCUT2D eigenvalue weighted by Crippen LogP contribution is -2.40. The summed E-state index contributed by atoms with van der Waals surface area (Å²) in [5.41, 5.74) is 3.52. The Balaban J connectivity index is 1.42. The first-order valence-corrected chi connectivity index (χ1v) is 10.5. The van der Waals surface area contributed by atoms with Crippen molar-refractivity contribution in [1.29, 1.82) is 0 Å². The average Bonchev–Trinajstić information content (AvgIpc) is 3.32. The summed E-state index contributed by atoms with van der Waals surface area (Å²) in [7, 11) is 1.84. The standard InChI is InChI=1S/C20H29N5S/c1-16-17(15-25(24-16)18-9-4-3-5-10-18)8-6-12-22-20(21-2)23-14-19-11-7-13-26-19/h3-5,9-10,15,19H,6-8,11-14H2,1-2H3,(H2,21,22,23). The molecule has 1 atom stereocenters. The van der Waals surface area contributed by atoms with Gasteiger partial charge in [-0.1, -0.05) is 18.2 Å². The maximum Gasteiger partial charge on any atom is 0.191 e. The van der Waals surface area contributed by atoms with Gasteiger partial charge in [-0.05, 0) is 56.1 Å². The van der Waals surface area contributed by atoms with E-state index in [2.05, 4.69) is 57.7 Å². The number of hydrogen-bond acceptors (Lipinski definition) is 3. The van der Waals surface area contributed by atoms with Crippen molar-refractivity contribution in [2.24, 2.45) is 4.99 Å². The third-order valence-electron chi connectivity index (χ3n) is 4.68. The number of guanidine groups is 1. The lowest BCUT2D eigenvalue weighted by Gasteiger charge is -2.14. The van der Waals surface area contributed by atoms with Gasteiger partial charge in [0.1, 0.15) is 0 Å². The Labute approximate surface area is 160 Å². The minimum Gasteiger partial charge on any atom is -0.356 e. The number of aromatic nitrogens is 2. The molecule has 1 fully saturated rings. The van der Waals surface area contributed by atoms with Gasteiger partial charge in [0.25, 0.3) is 0 Å². The lowest BCUT2D eigenvalue weighted by molar-refractivity contribution is 0.709. The summed E-state index contributed by atoms with van der Waals surface area (Å²) in [5, 5.41) is 12.3. The average molecular weight is 372 g/mol. The van der Waals surface area contributed by atoms with Gasteiger partial charge in [-0.2, -0.15) is 16.9 Å². The number of aliphatic imine (C=N–C) groups is 1. The molecule has 140 valence electrons. The van der Waals surface area contributed by atoms with Gasteiger partial charge in [0.15, 0.2) is 5.96 Å². The zero-order chi connectivity index (χ0) is 18.2. The van der Waals surface area contributed by atoms with Gasteiger partial charge in [0.2, 0.25) is 0 Å². The summed E-state index contributed by atoms with van der Waals surface area (Å²) in [6.45, 7) is 4.00. The van der Waals surface area contributed by atoms with Crippen LogP contribution in [0.4, 0.5) is 0 Å². The second-order valence-electron chi connectivity index (χ2n) is 6.64. The molecule has 0 bridgehead atoms. The van der Waals surface area contributed by atoms with E-state index in [4.69, 9.17) is 0 Å². The van der Waals surface area contributed by atoms with E-state index in [0.29, 0.717) is 0 Å². The maximum atomic E-state index is 4.64. The van der Waals surface area contributed by atoms with Crippen molar-refractivity contribution in [3.05, 3.63) is 47.8 Å². The van der Waals surface area contributed by atoms with E-state index >= 15 is 0 Å². The number of rotatable bonds is 7. The van der Waals surface area contributed by atoms with Crippen LogP contribution >= 0.6 is 11.8 Å². The summed E-state index contributed by atoms with van der Waals surface area (Å²) < 4.78 is 1.97. The van der Waals surface area contributed by atoms with E-state index < -0.39 is 0 Å². The molecule has 1 aliphatic heterocycles. The van der Waals surface area contributed by atoms with Crippen LogP contribution in [0.5, 0.6) is 0 Å². The fourth-order valence-electron chi connectivity index (χ4n) is 3.18. The van der Waals surface area contributed by atoms with Crippen LogP contribution in [-0.4, -0.2) is 46.9 Å². The Kier molecular flexibility index (Phi) is 7.00. The Bertz CT molecular complexity index is 704. The SMILES string of the molecule is CN=C(NCCCc1cn(-c2ccccc2)nc1C)NCC1CCCS1. The summed E-state index contributed by atoms with van der Waals surface area (Å²) in [6, 6.07) is 10.3. The number of hydrogen-bond donors (Lipinski definition) is 2. The zero-order valence-corrected chi connectivity index (χ0v) is 16.6. The van der Waals surface area contributed by atoms with Crippen LogP contribution in [0.25, 0.3) is 5.69 Å². The van der Waals surface area contributed by atoms with E-state index in [1.807, 2.05) is 29.9 Å². The minimum absolute atomic E-state index is 0.736. The van der Waals surface area contributed by atoms with Crippen molar-refractivity contribution >= 4 is 17.7 Å². The second-order valence-corrected chi connectivity index (χ2v) is 8.05. The maximum absolute atomic E-state index is 4.64. The number of para-hydroxylation sites is 1. The van der Waals surface area contributed by atoms with Gasteiger partial charge in [0, 0.05) is 31.6 Å². The fraction of sp³-hybridized carbons (Fsp3) is 0.500. The van der Waals surface area contributed by atoms with Crippen LogP contribution in [-0.2, 0) is 6.42 Å². The van der Waals surface area contributed by atoms with Gasteiger partial charge in [0.05, 0.1) is 11.4 Å². The van der Waals surface area contributed by atoms with Crippen LogP contribution in [0.15, 0.2) is 41.5 Å². The molecule has 1 aliphatic rings. The first-order chi connectivity index (χ1) is 12.8. The molecule has 3 rings (SSSR count). The normalized spacial score (nSPS) is 17.5. The number of nitrogens with zero attached hydrogens (tertiary/aromatic N) is 3. The molecule has 6 heteroatoms. The number of thioether (sulfide) groups is 1. The van der Waals surface area contributed by atoms with Crippen molar-refractivity contribution in [1.82, 2.24) is 20.4 Å². The molecule has 0 spiro atoms. The highest BCUT2D eigenvalue weighted by Crippen LogP contribution is 2.25. The monoisotopic (exact) mass is 371 g/mol. The van der Waals surface area contributed by atoms with E-state index in [0.717, 1.165) is 48.5 Å². The van der Waals surface area contributed by atoms with Crippen molar-refractivity contribution in [2.75, 3.05) is 25.9 Å². The number of benzene rings is 1. The minimum atomic E-state index is 0.736. The molecule has 1 aromatic heterocycles. The van der Waals surface area contributed by atoms with Gasteiger partial charge in [-0.3, -0.25) is 4.99 Å². The van der Waals surface area contributed by atoms with Crippen molar-refractivity contribution in [3.8, 4) is 5.69 Å². The molecule has 2 heterocycles. The summed E-state index contributed by atoms with van der Waals surface area (Å²) in [5.74, 6) is 2.21. The van der Waals surface area contributed by atoms with Crippen LogP contribution in [0.1, 0.15) is 30.5 Å². The van der Waals surface area contributed by atoms with Crippen LogP contribution in [0.3, 0.4) is 0 Å². The van der Waals surface area contributed by atoms with Crippen molar-refractivity contribution in [2.45, 2.75) is 37.9 Å². The first kappa shape index (κ1) is 18.8. The van der Waals surface area contributed by atoms with Crippen molar-refractivity contribution < 1.29 is 0 Å². The van der Waals surface area contributed by atoms with E-state index in [-0.39, 0.29) is 0 Å². The zero-order valence-electron chi connectivity index (χ0n) is 15.7. The predicted octanol–water partition coefficient (Wildman–Crippen LogP) is 3.17. The van der Waals surface area contributed by atoms with Crippen molar-refractivity contribution in [3.63, 3.8) is 0 Å². The summed E-state index contributed by atoms with van der Waals surface area (Å²) in [4.78, 5) is 4.32. The van der Waals surface area contributed by atoms with Gasteiger partial charge in [-0.15, -0.1) is 0 Å². The Morgan fingerprint density at radius 2 is 2.15 bits per heavy atom. The van der Waals surface area contributed by atoms with Crippen LogP contribution in [0, 0.1) is 6.92 Å². The molecule has 0 saturated carbocycles. The number of aryl methyl sites for hydroxylation is 2. The molecule has 1 unspecified atom stereocenters. The Morgan fingerprint density at radius 3 is 2.88 bits per heavy atom. The quantitative estimate of drug-likeness (QED) is 0.446. The smallest absolute Gasteiger partial charge is 0.191 e. The molecule has 26 heavy (non-hydrogen) atoms. The first-order valence-electron chi connectivity index (χ1n) is 9.43. The molecule has 5 nitrogen and oxygen atoms in total. The molecule has 1 aromatic carbocycles. The highest BCUT2D eigenvalue weighted by molar-refractivity contribution is 8.00. The van der Waals surface area contributed by atoms with E-state index in [1.165, 1.54) is 24.2 Å². The molecule has 2 N–H and O–H groups in total. The topological polar surface area (TPSA) is 54.2 Å². The Hall–Kier alpha value is -1.95. The van der Waals surface area contributed by atoms with Crippen LogP contribution < -0.4 is 10.6 Å². The second kappa shape index (κ2) is 9.67. The molecular weight excluding hydrogens is 342 g/mol. The molecule has 0 radical (unpaired) electrons. The Morgan fingerprint density at radius 1 is 1.31 bits per heavy atom. The third-order valence-corrected chi connectivity index (χ3v) is 6.08. The van der Waals surface area contributed by atoms with Gasteiger partial charge < -0.3 is 10.6 Å². The third kappa shape index (κ3) is 5.27. The summed E-state index contributed by atoms with van der Waals surface area (Å²) in [6.07, 6.45) is 6.88. The highest BCUT2D eigenvalue weighted by atomic mass is 32.2. The molecule has 0 aliphatic carbocycles. The molecule has 0 amide bonds. The predicted molar refractivity (Wildman–Crippen MR) is 111 cm³/mol. The molecule has 1 saturated heterocycles. The van der Waals surface area contributed by atoms with E-state index in [9.17, 15) is 0 Å². The lowest BCUT2D eigenvalue weighted by atomic mass is 10.1. The number of nitrogens with one attached hydrogen (secondary N) is 2. The highest BCUT2D eigenvalue weighted by Gasteiger charge is 2.15. The largest absolute Gasteiger partial charge is 0.356 e. The van der Waals surface area contributed by atoms with Crippen LogP contribution in [0.2, 0.25) is 0 Å². The molecule has 2 aromatic rings.